The summed E-state index contributed by atoms with van der Waals surface area (Å²) in [7, 11) is 0. The van der Waals surface area contributed by atoms with Crippen molar-refractivity contribution in [2.24, 2.45) is 0 Å². The number of furan rings is 1. The van der Waals surface area contributed by atoms with Crippen LogP contribution in [0.15, 0.2) is 39.4 Å². The van der Waals surface area contributed by atoms with Crippen molar-refractivity contribution < 1.29 is 13.9 Å². The molecule has 17 heavy (non-hydrogen) atoms. The fourth-order valence-electron chi connectivity index (χ4n) is 1.54. The summed E-state index contributed by atoms with van der Waals surface area (Å²) in [5.74, 6) is 0.0282. The highest BCUT2D eigenvalue weighted by Crippen LogP contribution is 2.29. The first kappa shape index (κ1) is 12.6. The molecule has 90 valence electrons. The molecule has 0 aliphatic heterocycles. The Kier molecular flexibility index (Phi) is 3.86. The molecule has 5 heteroatoms. The lowest BCUT2D eigenvalue weighted by Crippen LogP contribution is -2.02. The number of aliphatic hydroxyl groups excluding tert-OH is 1. The molecule has 0 saturated carbocycles. The lowest BCUT2D eigenvalue weighted by molar-refractivity contribution is 0.149. The SMILES string of the molecule is OC(Cc1cc(F)ccc1Cl)c1occc1Br. The molecule has 1 N–H and O–H groups in total. The quantitative estimate of drug-likeness (QED) is 0.923. The standard InChI is InChI=1S/C12H9BrClFO2/c13-9-3-4-17-12(9)11(16)6-7-5-8(15)1-2-10(7)14/h1-5,11,16H,6H2. The van der Waals surface area contributed by atoms with E-state index in [9.17, 15) is 9.50 Å². The summed E-state index contributed by atoms with van der Waals surface area (Å²) in [5.41, 5.74) is 0.544. The van der Waals surface area contributed by atoms with Gasteiger partial charge in [-0.1, -0.05) is 11.6 Å². The Morgan fingerprint density at radius 2 is 2.18 bits per heavy atom. The van der Waals surface area contributed by atoms with Crippen LogP contribution in [0.5, 0.6) is 0 Å². The molecule has 2 rings (SSSR count). The summed E-state index contributed by atoms with van der Waals surface area (Å²) in [5, 5.41) is 10.4. The summed E-state index contributed by atoms with van der Waals surface area (Å²) in [4.78, 5) is 0. The normalized spacial score (nSPS) is 12.7. The lowest BCUT2D eigenvalue weighted by atomic mass is 10.1. The lowest BCUT2D eigenvalue weighted by Gasteiger charge is -2.10. The van der Waals surface area contributed by atoms with Crippen LogP contribution >= 0.6 is 27.5 Å². The van der Waals surface area contributed by atoms with Crippen molar-refractivity contribution in [3.8, 4) is 0 Å². The van der Waals surface area contributed by atoms with E-state index >= 15 is 0 Å². The first-order chi connectivity index (χ1) is 8.08. The topological polar surface area (TPSA) is 33.4 Å². The zero-order valence-electron chi connectivity index (χ0n) is 8.66. The molecule has 1 atom stereocenters. The van der Waals surface area contributed by atoms with Gasteiger partial charge < -0.3 is 9.52 Å². The van der Waals surface area contributed by atoms with Crippen LogP contribution < -0.4 is 0 Å². The number of rotatable bonds is 3. The predicted octanol–water partition coefficient (Wildman–Crippen LogP) is 4.11. The maximum Gasteiger partial charge on any atom is 0.146 e. The van der Waals surface area contributed by atoms with Gasteiger partial charge in [0.15, 0.2) is 0 Å². The van der Waals surface area contributed by atoms with Gasteiger partial charge in [0.2, 0.25) is 0 Å². The highest BCUT2D eigenvalue weighted by atomic mass is 79.9. The Morgan fingerprint density at radius 1 is 1.41 bits per heavy atom. The summed E-state index contributed by atoms with van der Waals surface area (Å²) in [6.07, 6.45) is 0.803. The second kappa shape index (κ2) is 5.21. The third kappa shape index (κ3) is 2.89. The van der Waals surface area contributed by atoms with Crippen LogP contribution in [0.4, 0.5) is 4.39 Å². The summed E-state index contributed by atoms with van der Waals surface area (Å²) in [6.45, 7) is 0. The minimum Gasteiger partial charge on any atom is -0.465 e. The third-order valence-corrected chi connectivity index (χ3v) is 3.39. The third-order valence-electron chi connectivity index (χ3n) is 2.37. The van der Waals surface area contributed by atoms with Crippen molar-refractivity contribution in [2.45, 2.75) is 12.5 Å². The van der Waals surface area contributed by atoms with Crippen LogP contribution in [0.2, 0.25) is 5.02 Å². The van der Waals surface area contributed by atoms with E-state index in [-0.39, 0.29) is 12.2 Å². The minimum atomic E-state index is -0.862. The van der Waals surface area contributed by atoms with Crippen molar-refractivity contribution in [1.82, 2.24) is 0 Å². The van der Waals surface area contributed by atoms with Crippen molar-refractivity contribution in [1.29, 1.82) is 0 Å². The van der Waals surface area contributed by atoms with E-state index in [1.807, 2.05) is 0 Å². The molecule has 1 heterocycles. The van der Waals surface area contributed by atoms with Crippen molar-refractivity contribution in [3.05, 3.63) is 57.2 Å². The van der Waals surface area contributed by atoms with Gasteiger partial charge in [0.1, 0.15) is 17.7 Å². The zero-order chi connectivity index (χ0) is 12.4. The van der Waals surface area contributed by atoms with Gasteiger partial charge in [0.25, 0.3) is 0 Å². The van der Waals surface area contributed by atoms with E-state index in [1.54, 1.807) is 6.07 Å². The second-order valence-corrected chi connectivity index (χ2v) is 4.85. The van der Waals surface area contributed by atoms with Gasteiger partial charge in [0, 0.05) is 11.4 Å². The van der Waals surface area contributed by atoms with Crippen LogP contribution in [0.3, 0.4) is 0 Å². The van der Waals surface area contributed by atoms with Gasteiger partial charge in [-0.25, -0.2) is 4.39 Å². The Bertz CT molecular complexity index is 527. The molecular formula is C12H9BrClFO2. The van der Waals surface area contributed by atoms with Gasteiger partial charge in [-0.3, -0.25) is 0 Å². The van der Waals surface area contributed by atoms with E-state index < -0.39 is 6.10 Å². The van der Waals surface area contributed by atoms with E-state index in [0.717, 1.165) is 0 Å². The highest BCUT2D eigenvalue weighted by molar-refractivity contribution is 9.10. The van der Waals surface area contributed by atoms with Crippen molar-refractivity contribution in [3.63, 3.8) is 0 Å². The summed E-state index contributed by atoms with van der Waals surface area (Å²) >= 11 is 9.17. The fraction of sp³-hybridized carbons (Fsp3) is 0.167. The molecule has 1 aromatic carbocycles. The Balaban J connectivity index is 2.21. The first-order valence-electron chi connectivity index (χ1n) is 4.93. The molecule has 0 saturated heterocycles. The number of hydrogen-bond acceptors (Lipinski definition) is 2. The molecule has 2 aromatic rings. The average Bonchev–Trinajstić information content (AvgIpc) is 2.70. The summed E-state index contributed by atoms with van der Waals surface area (Å²) in [6, 6.07) is 5.74. The minimum absolute atomic E-state index is 0.197. The average molecular weight is 320 g/mol. The van der Waals surface area contributed by atoms with Gasteiger partial charge in [-0.15, -0.1) is 0 Å². The monoisotopic (exact) mass is 318 g/mol. The first-order valence-corrected chi connectivity index (χ1v) is 6.10. The molecule has 0 aliphatic rings. The van der Waals surface area contributed by atoms with Crippen LogP contribution in [0.1, 0.15) is 17.4 Å². The molecule has 1 unspecified atom stereocenters. The van der Waals surface area contributed by atoms with Gasteiger partial charge in [0.05, 0.1) is 10.7 Å². The molecule has 0 radical (unpaired) electrons. The summed E-state index contributed by atoms with van der Waals surface area (Å²) < 4.78 is 18.9. The second-order valence-electron chi connectivity index (χ2n) is 3.59. The molecule has 0 spiro atoms. The van der Waals surface area contributed by atoms with Crippen LogP contribution in [0, 0.1) is 5.82 Å². The van der Waals surface area contributed by atoms with Gasteiger partial charge >= 0.3 is 0 Å². The Hall–Kier alpha value is -0.840. The number of halogens is 3. The van der Waals surface area contributed by atoms with E-state index in [4.69, 9.17) is 16.0 Å². The molecule has 0 bridgehead atoms. The van der Waals surface area contributed by atoms with Gasteiger partial charge in [-0.2, -0.15) is 0 Å². The number of benzene rings is 1. The molecule has 2 nitrogen and oxygen atoms in total. The van der Waals surface area contributed by atoms with E-state index in [1.165, 1.54) is 24.5 Å². The Labute approximate surface area is 111 Å². The molecule has 0 amide bonds. The Morgan fingerprint density at radius 3 is 2.82 bits per heavy atom. The molecule has 0 aliphatic carbocycles. The van der Waals surface area contributed by atoms with E-state index in [2.05, 4.69) is 15.9 Å². The number of hydrogen-bond donors (Lipinski definition) is 1. The largest absolute Gasteiger partial charge is 0.465 e. The fourth-order valence-corrected chi connectivity index (χ4v) is 2.20. The zero-order valence-corrected chi connectivity index (χ0v) is 11.0. The maximum absolute atomic E-state index is 13.0. The number of aliphatic hydroxyl groups is 1. The van der Waals surface area contributed by atoms with Gasteiger partial charge in [-0.05, 0) is 45.8 Å². The smallest absolute Gasteiger partial charge is 0.146 e. The van der Waals surface area contributed by atoms with Crippen LogP contribution in [-0.4, -0.2) is 5.11 Å². The molecule has 1 aromatic heterocycles. The van der Waals surface area contributed by atoms with Crippen LogP contribution in [0.25, 0.3) is 0 Å². The maximum atomic E-state index is 13.0. The highest BCUT2D eigenvalue weighted by Gasteiger charge is 2.17. The molecular weight excluding hydrogens is 310 g/mol. The predicted molar refractivity (Wildman–Crippen MR) is 66.5 cm³/mol. The van der Waals surface area contributed by atoms with Crippen LogP contribution in [-0.2, 0) is 6.42 Å². The van der Waals surface area contributed by atoms with Crippen molar-refractivity contribution in [2.75, 3.05) is 0 Å². The van der Waals surface area contributed by atoms with E-state index in [0.29, 0.717) is 20.8 Å². The molecule has 0 fully saturated rings. The van der Waals surface area contributed by atoms with Crippen molar-refractivity contribution >= 4 is 27.5 Å².